The number of carbonyl (C=O) groups excluding carboxylic acids is 3. The summed E-state index contributed by atoms with van der Waals surface area (Å²) in [5.41, 5.74) is 7.19. The lowest BCUT2D eigenvalue weighted by molar-refractivity contribution is -0.119. The molecule has 30 heavy (non-hydrogen) atoms. The Labute approximate surface area is 173 Å². The molecule has 7 nitrogen and oxygen atoms in total. The van der Waals surface area contributed by atoms with E-state index in [4.69, 9.17) is 15.2 Å². The van der Waals surface area contributed by atoms with Crippen LogP contribution in [0.25, 0.3) is 0 Å². The van der Waals surface area contributed by atoms with Crippen molar-refractivity contribution in [3.63, 3.8) is 0 Å². The third-order valence-corrected chi connectivity index (χ3v) is 4.15. The number of para-hydroxylation sites is 2. The van der Waals surface area contributed by atoms with Crippen LogP contribution in [-0.2, 0) is 9.53 Å². The Kier molecular flexibility index (Phi) is 6.44. The number of hydrogen-bond acceptors (Lipinski definition) is 5. The van der Waals surface area contributed by atoms with E-state index >= 15 is 0 Å². The van der Waals surface area contributed by atoms with Gasteiger partial charge in [0.2, 0.25) is 5.91 Å². The van der Waals surface area contributed by atoms with Crippen molar-refractivity contribution >= 4 is 23.5 Å². The lowest BCUT2D eigenvalue weighted by atomic mass is 10.1. The van der Waals surface area contributed by atoms with Gasteiger partial charge >= 0.3 is 5.97 Å². The molecule has 0 atom stereocenters. The van der Waals surface area contributed by atoms with Crippen molar-refractivity contribution in [1.82, 2.24) is 0 Å². The SMILES string of the molecule is Cc1ccc(Oc2ccccc2NC(=O)COC(=O)c2ccc(C(N)=O)cc2)cc1. The summed E-state index contributed by atoms with van der Waals surface area (Å²) in [7, 11) is 0. The molecule has 152 valence electrons. The zero-order chi connectivity index (χ0) is 21.5. The van der Waals surface area contributed by atoms with Crippen LogP contribution in [0.1, 0.15) is 26.3 Å². The van der Waals surface area contributed by atoms with Crippen LogP contribution >= 0.6 is 0 Å². The Hall–Kier alpha value is -4.13. The molecule has 0 aliphatic heterocycles. The Morgan fingerprint density at radius 2 is 1.50 bits per heavy atom. The fourth-order valence-electron chi connectivity index (χ4n) is 2.56. The highest BCUT2D eigenvalue weighted by Gasteiger charge is 2.13. The largest absolute Gasteiger partial charge is 0.455 e. The summed E-state index contributed by atoms with van der Waals surface area (Å²) in [5, 5.41) is 2.67. The van der Waals surface area contributed by atoms with Gasteiger partial charge in [-0.25, -0.2) is 4.79 Å². The fourth-order valence-corrected chi connectivity index (χ4v) is 2.56. The summed E-state index contributed by atoms with van der Waals surface area (Å²) in [6.45, 7) is 1.50. The highest BCUT2D eigenvalue weighted by Crippen LogP contribution is 2.29. The van der Waals surface area contributed by atoms with Gasteiger partial charge in [0, 0.05) is 5.56 Å². The van der Waals surface area contributed by atoms with Gasteiger partial charge in [-0.15, -0.1) is 0 Å². The number of ether oxygens (including phenoxy) is 2. The molecule has 0 aliphatic carbocycles. The molecule has 3 rings (SSSR count). The first-order valence-electron chi connectivity index (χ1n) is 9.13. The first-order valence-corrected chi connectivity index (χ1v) is 9.13. The zero-order valence-corrected chi connectivity index (χ0v) is 16.3. The molecule has 0 aliphatic rings. The predicted molar refractivity (Wildman–Crippen MR) is 112 cm³/mol. The molecule has 0 saturated carbocycles. The lowest BCUT2D eigenvalue weighted by Gasteiger charge is -2.12. The van der Waals surface area contributed by atoms with Crippen LogP contribution in [0.15, 0.2) is 72.8 Å². The molecular weight excluding hydrogens is 384 g/mol. The van der Waals surface area contributed by atoms with Gasteiger partial charge < -0.3 is 20.5 Å². The standard InChI is InChI=1S/C23H20N2O5/c1-15-6-12-18(13-7-15)30-20-5-3-2-4-19(20)25-21(26)14-29-23(28)17-10-8-16(9-11-17)22(24)27/h2-13H,14H2,1H3,(H2,24,27)(H,25,26). The van der Waals surface area contributed by atoms with E-state index < -0.39 is 24.4 Å². The van der Waals surface area contributed by atoms with Gasteiger partial charge in [0.15, 0.2) is 12.4 Å². The maximum atomic E-state index is 12.2. The Morgan fingerprint density at radius 3 is 2.17 bits per heavy atom. The molecule has 0 aromatic heterocycles. The third-order valence-electron chi connectivity index (χ3n) is 4.15. The number of benzene rings is 3. The summed E-state index contributed by atoms with van der Waals surface area (Å²) < 4.78 is 10.9. The number of amides is 2. The van der Waals surface area contributed by atoms with Gasteiger partial charge in [-0.3, -0.25) is 9.59 Å². The molecule has 0 bridgehead atoms. The second kappa shape index (κ2) is 9.38. The molecular formula is C23H20N2O5. The average Bonchev–Trinajstić information content (AvgIpc) is 2.75. The lowest BCUT2D eigenvalue weighted by Crippen LogP contribution is -2.21. The summed E-state index contributed by atoms with van der Waals surface area (Å²) in [5.74, 6) is -0.709. The second-order valence-electron chi connectivity index (χ2n) is 6.48. The quantitative estimate of drug-likeness (QED) is 0.584. The van der Waals surface area contributed by atoms with Crippen LogP contribution < -0.4 is 15.8 Å². The average molecular weight is 404 g/mol. The maximum Gasteiger partial charge on any atom is 0.338 e. The van der Waals surface area contributed by atoms with Crippen molar-refractivity contribution in [3.8, 4) is 11.5 Å². The maximum absolute atomic E-state index is 12.2. The molecule has 0 fully saturated rings. The number of nitrogens with two attached hydrogens (primary N) is 1. The molecule has 7 heteroatoms. The van der Waals surface area contributed by atoms with E-state index in [-0.39, 0.29) is 11.1 Å². The minimum atomic E-state index is -0.689. The summed E-state index contributed by atoms with van der Waals surface area (Å²) in [6, 6.07) is 20.1. The van der Waals surface area contributed by atoms with Crippen LogP contribution in [0, 0.1) is 6.92 Å². The van der Waals surface area contributed by atoms with Crippen molar-refractivity contribution in [1.29, 1.82) is 0 Å². The van der Waals surface area contributed by atoms with Crippen LogP contribution in [0.4, 0.5) is 5.69 Å². The topological polar surface area (TPSA) is 108 Å². The minimum Gasteiger partial charge on any atom is -0.455 e. The van der Waals surface area contributed by atoms with E-state index in [1.165, 1.54) is 24.3 Å². The number of rotatable bonds is 7. The van der Waals surface area contributed by atoms with Crippen LogP contribution in [0.5, 0.6) is 11.5 Å². The Bertz CT molecular complexity index is 1060. The molecule has 0 heterocycles. The van der Waals surface area contributed by atoms with Gasteiger partial charge in [-0.05, 0) is 55.5 Å². The molecule has 0 saturated heterocycles. The molecule has 3 aromatic carbocycles. The van der Waals surface area contributed by atoms with Gasteiger partial charge in [0.1, 0.15) is 5.75 Å². The second-order valence-corrected chi connectivity index (χ2v) is 6.48. The fraction of sp³-hybridized carbons (Fsp3) is 0.0870. The van der Waals surface area contributed by atoms with Gasteiger partial charge in [-0.1, -0.05) is 29.8 Å². The molecule has 0 spiro atoms. The molecule has 0 radical (unpaired) electrons. The van der Waals surface area contributed by atoms with Crippen molar-refractivity contribution in [2.24, 2.45) is 5.73 Å². The van der Waals surface area contributed by atoms with Crippen molar-refractivity contribution in [2.45, 2.75) is 6.92 Å². The molecule has 2 amide bonds. The smallest absolute Gasteiger partial charge is 0.338 e. The highest BCUT2D eigenvalue weighted by molar-refractivity contribution is 5.97. The number of carbonyl (C=O) groups is 3. The minimum absolute atomic E-state index is 0.205. The number of nitrogens with one attached hydrogen (secondary N) is 1. The number of primary amides is 1. The molecule has 3 aromatic rings. The number of anilines is 1. The summed E-state index contributed by atoms with van der Waals surface area (Å²) in [4.78, 5) is 35.4. The number of esters is 1. The molecule has 0 unspecified atom stereocenters. The normalized spacial score (nSPS) is 10.2. The van der Waals surface area contributed by atoms with E-state index in [9.17, 15) is 14.4 Å². The first kappa shape index (κ1) is 20.6. The van der Waals surface area contributed by atoms with Crippen LogP contribution in [0.3, 0.4) is 0 Å². The predicted octanol–water partition coefficient (Wildman–Crippen LogP) is 3.68. The van der Waals surface area contributed by atoms with E-state index in [1.807, 2.05) is 31.2 Å². The monoisotopic (exact) mass is 404 g/mol. The van der Waals surface area contributed by atoms with E-state index in [0.29, 0.717) is 17.2 Å². The van der Waals surface area contributed by atoms with Gasteiger partial charge in [0.05, 0.1) is 11.3 Å². The van der Waals surface area contributed by atoms with Gasteiger partial charge in [-0.2, -0.15) is 0 Å². The molecule has 3 N–H and O–H groups in total. The first-order chi connectivity index (χ1) is 14.4. The number of hydrogen-bond donors (Lipinski definition) is 2. The number of aryl methyl sites for hydroxylation is 1. The Morgan fingerprint density at radius 1 is 0.867 bits per heavy atom. The van der Waals surface area contributed by atoms with Crippen molar-refractivity contribution in [3.05, 3.63) is 89.5 Å². The van der Waals surface area contributed by atoms with Crippen molar-refractivity contribution in [2.75, 3.05) is 11.9 Å². The Balaban J connectivity index is 1.59. The van der Waals surface area contributed by atoms with E-state index in [1.54, 1.807) is 24.3 Å². The van der Waals surface area contributed by atoms with Crippen molar-refractivity contribution < 1.29 is 23.9 Å². The van der Waals surface area contributed by atoms with Crippen LogP contribution in [0.2, 0.25) is 0 Å². The van der Waals surface area contributed by atoms with Crippen LogP contribution in [-0.4, -0.2) is 24.4 Å². The van der Waals surface area contributed by atoms with E-state index in [2.05, 4.69) is 5.32 Å². The summed E-state index contributed by atoms with van der Waals surface area (Å²) >= 11 is 0. The third kappa shape index (κ3) is 5.45. The summed E-state index contributed by atoms with van der Waals surface area (Å²) in [6.07, 6.45) is 0. The highest BCUT2D eigenvalue weighted by atomic mass is 16.5. The van der Waals surface area contributed by atoms with E-state index in [0.717, 1.165) is 5.56 Å². The van der Waals surface area contributed by atoms with Gasteiger partial charge in [0.25, 0.3) is 5.91 Å². The zero-order valence-electron chi connectivity index (χ0n) is 16.3.